The van der Waals surface area contributed by atoms with Crippen LogP contribution in [0.1, 0.15) is 13.3 Å². The van der Waals surface area contributed by atoms with Crippen molar-refractivity contribution in [3.05, 3.63) is 0 Å². The van der Waals surface area contributed by atoms with Crippen LogP contribution in [0, 0.1) is 5.92 Å². The van der Waals surface area contributed by atoms with Gasteiger partial charge in [0.2, 0.25) is 11.8 Å². The number of hydrogen-bond acceptors (Lipinski definition) is 4. The average Bonchev–Trinajstić information content (AvgIpc) is 2.35. The van der Waals surface area contributed by atoms with Gasteiger partial charge in [0.25, 0.3) is 0 Å². The molecule has 0 heterocycles. The quantitative estimate of drug-likeness (QED) is 0.443. The van der Waals surface area contributed by atoms with Gasteiger partial charge >= 0.3 is 12.0 Å². The van der Waals surface area contributed by atoms with E-state index in [1.807, 2.05) is 0 Å². The molecule has 0 bridgehead atoms. The van der Waals surface area contributed by atoms with Crippen LogP contribution in [0.5, 0.6) is 0 Å². The number of amides is 4. The highest BCUT2D eigenvalue weighted by Gasteiger charge is 2.25. The van der Waals surface area contributed by atoms with Gasteiger partial charge < -0.3 is 26.4 Å². The number of hydrogen-bond donors (Lipinski definition) is 4. The molecule has 0 aromatic rings. The maximum absolute atomic E-state index is 11.8. The van der Waals surface area contributed by atoms with E-state index in [0.717, 1.165) is 4.90 Å². The van der Waals surface area contributed by atoms with Crippen molar-refractivity contribution in [1.82, 2.24) is 15.5 Å². The van der Waals surface area contributed by atoms with E-state index < -0.39 is 36.3 Å². The summed E-state index contributed by atoms with van der Waals surface area (Å²) in [5.74, 6) is -2.88. The Morgan fingerprint density at radius 1 is 1.30 bits per heavy atom. The molecule has 1 unspecified atom stereocenters. The molecule has 0 radical (unpaired) electrons. The number of aliphatic carboxylic acids is 1. The lowest BCUT2D eigenvalue weighted by molar-refractivity contribution is -0.141. The summed E-state index contributed by atoms with van der Waals surface area (Å²) in [6.45, 7) is 1.73. The van der Waals surface area contributed by atoms with Gasteiger partial charge in [0.05, 0.1) is 12.3 Å². The van der Waals surface area contributed by atoms with Gasteiger partial charge in [0.1, 0.15) is 6.04 Å². The third-order valence-corrected chi connectivity index (χ3v) is 2.59. The molecule has 0 rings (SSSR count). The highest BCUT2D eigenvalue weighted by Crippen LogP contribution is 2.00. The normalized spacial score (nSPS) is 12.9. The number of carbonyl (C=O) groups excluding carboxylic acids is 3. The molecule has 9 nitrogen and oxygen atoms in total. The maximum Gasteiger partial charge on any atom is 0.326 e. The van der Waals surface area contributed by atoms with Crippen LogP contribution >= 0.6 is 0 Å². The number of nitrogens with one attached hydrogen (secondary N) is 2. The molecule has 5 N–H and O–H groups in total. The van der Waals surface area contributed by atoms with E-state index in [1.54, 1.807) is 6.92 Å². The molecule has 0 aliphatic rings. The van der Waals surface area contributed by atoms with Gasteiger partial charge in [-0.15, -0.1) is 0 Å². The Hall–Kier alpha value is -2.32. The van der Waals surface area contributed by atoms with Crippen LogP contribution in [0.3, 0.4) is 0 Å². The number of urea groups is 1. The van der Waals surface area contributed by atoms with E-state index in [9.17, 15) is 19.2 Å². The summed E-state index contributed by atoms with van der Waals surface area (Å²) >= 11 is 0. The largest absolute Gasteiger partial charge is 0.480 e. The molecule has 0 aliphatic heterocycles. The Balaban J connectivity index is 4.53. The predicted octanol–water partition coefficient (Wildman–Crippen LogP) is -1.66. The van der Waals surface area contributed by atoms with E-state index in [1.165, 1.54) is 14.1 Å². The standard InChI is InChI=1S/C11H20N4O5/c1-6(9(17)13-2)5-15(3)11(20)14-7(10(18)19)4-8(12)16/h6-7H,4-5H2,1-3H3,(H2,12,16)(H,13,17)(H,14,20)(H,18,19)/t6?,7-/m1/s1. The monoisotopic (exact) mass is 288 g/mol. The molecule has 0 spiro atoms. The summed E-state index contributed by atoms with van der Waals surface area (Å²) in [5, 5.41) is 13.5. The van der Waals surface area contributed by atoms with E-state index in [2.05, 4.69) is 10.6 Å². The molecule has 0 saturated carbocycles. The Kier molecular flexibility index (Phi) is 7.05. The highest BCUT2D eigenvalue weighted by molar-refractivity contribution is 5.87. The van der Waals surface area contributed by atoms with Gasteiger partial charge in [-0.25, -0.2) is 9.59 Å². The predicted molar refractivity (Wildman–Crippen MR) is 69.6 cm³/mol. The highest BCUT2D eigenvalue weighted by atomic mass is 16.4. The van der Waals surface area contributed by atoms with Crippen LogP contribution in [-0.2, 0) is 14.4 Å². The lowest BCUT2D eigenvalue weighted by Gasteiger charge is -2.23. The zero-order valence-electron chi connectivity index (χ0n) is 11.7. The van der Waals surface area contributed by atoms with Crippen LogP contribution < -0.4 is 16.4 Å². The first-order valence-electron chi connectivity index (χ1n) is 5.93. The minimum atomic E-state index is -1.39. The zero-order chi connectivity index (χ0) is 15.9. The number of rotatable bonds is 7. The van der Waals surface area contributed by atoms with Gasteiger partial charge in [0, 0.05) is 20.6 Å². The van der Waals surface area contributed by atoms with Crippen LogP contribution in [0.25, 0.3) is 0 Å². The van der Waals surface area contributed by atoms with Gasteiger partial charge in [-0.1, -0.05) is 6.92 Å². The fourth-order valence-electron chi connectivity index (χ4n) is 1.48. The smallest absolute Gasteiger partial charge is 0.326 e. The second-order valence-corrected chi connectivity index (χ2v) is 4.41. The van der Waals surface area contributed by atoms with E-state index in [4.69, 9.17) is 10.8 Å². The molecule has 4 amide bonds. The molecule has 2 atom stereocenters. The van der Waals surface area contributed by atoms with Gasteiger partial charge in [-0.2, -0.15) is 0 Å². The third-order valence-electron chi connectivity index (χ3n) is 2.59. The fourth-order valence-corrected chi connectivity index (χ4v) is 1.48. The van der Waals surface area contributed by atoms with E-state index >= 15 is 0 Å². The topological polar surface area (TPSA) is 142 Å². The Morgan fingerprint density at radius 3 is 2.25 bits per heavy atom. The minimum Gasteiger partial charge on any atom is -0.480 e. The molecule has 9 heteroatoms. The van der Waals surface area contributed by atoms with E-state index in [-0.39, 0.29) is 12.5 Å². The summed E-state index contributed by atoms with van der Waals surface area (Å²) < 4.78 is 0. The van der Waals surface area contributed by atoms with Gasteiger partial charge in [-0.05, 0) is 0 Å². The number of nitrogens with zero attached hydrogens (tertiary/aromatic N) is 1. The lowest BCUT2D eigenvalue weighted by atomic mass is 10.1. The summed E-state index contributed by atoms with van der Waals surface area (Å²) in [6, 6.07) is -2.09. The van der Waals surface area contributed by atoms with Crippen molar-refractivity contribution in [2.75, 3.05) is 20.6 Å². The van der Waals surface area contributed by atoms with Crippen molar-refractivity contribution in [3.63, 3.8) is 0 Å². The Labute approximate surface area is 116 Å². The molecular weight excluding hydrogens is 268 g/mol. The van der Waals surface area contributed by atoms with Crippen molar-refractivity contribution in [2.24, 2.45) is 11.7 Å². The summed E-state index contributed by atoms with van der Waals surface area (Å²) in [7, 11) is 2.89. The lowest BCUT2D eigenvalue weighted by Crippen LogP contribution is -2.49. The first kappa shape index (κ1) is 17.7. The molecule has 0 saturated heterocycles. The van der Waals surface area contributed by atoms with Crippen LogP contribution in [0.15, 0.2) is 0 Å². The number of carboxylic acid groups (broad SMARTS) is 1. The third kappa shape index (κ3) is 6.03. The van der Waals surface area contributed by atoms with Gasteiger partial charge in [0.15, 0.2) is 0 Å². The summed E-state index contributed by atoms with van der Waals surface area (Å²) in [4.78, 5) is 45.8. The Morgan fingerprint density at radius 2 is 1.85 bits per heavy atom. The number of primary amides is 1. The second kappa shape index (κ2) is 7.97. The molecule has 114 valence electrons. The second-order valence-electron chi connectivity index (χ2n) is 4.41. The number of carbonyl (C=O) groups is 4. The fraction of sp³-hybridized carbons (Fsp3) is 0.636. The SMILES string of the molecule is CNC(=O)C(C)CN(C)C(=O)N[C@H](CC(N)=O)C(=O)O. The van der Waals surface area contributed by atoms with Crippen molar-refractivity contribution in [1.29, 1.82) is 0 Å². The van der Waals surface area contributed by atoms with Crippen molar-refractivity contribution in [2.45, 2.75) is 19.4 Å². The van der Waals surface area contributed by atoms with Crippen molar-refractivity contribution < 1.29 is 24.3 Å². The summed E-state index contributed by atoms with van der Waals surface area (Å²) in [5.41, 5.74) is 4.90. The van der Waals surface area contributed by atoms with Crippen LogP contribution in [0.4, 0.5) is 4.79 Å². The zero-order valence-corrected chi connectivity index (χ0v) is 11.7. The van der Waals surface area contributed by atoms with Crippen molar-refractivity contribution >= 4 is 23.8 Å². The Bertz CT molecular complexity index is 398. The number of nitrogens with two attached hydrogens (primary N) is 1. The first-order chi connectivity index (χ1) is 9.18. The number of carboxylic acids is 1. The molecule has 0 aromatic carbocycles. The van der Waals surface area contributed by atoms with Crippen molar-refractivity contribution in [3.8, 4) is 0 Å². The van der Waals surface area contributed by atoms with Crippen LogP contribution in [0.2, 0.25) is 0 Å². The van der Waals surface area contributed by atoms with E-state index in [0.29, 0.717) is 0 Å². The van der Waals surface area contributed by atoms with Crippen LogP contribution in [-0.4, -0.2) is 60.5 Å². The molecule has 20 heavy (non-hydrogen) atoms. The van der Waals surface area contributed by atoms with Gasteiger partial charge in [-0.3, -0.25) is 9.59 Å². The molecule has 0 aliphatic carbocycles. The molecular formula is C11H20N4O5. The summed E-state index contributed by atoms with van der Waals surface area (Å²) in [6.07, 6.45) is -0.500. The average molecular weight is 288 g/mol. The maximum atomic E-state index is 11.8. The molecule has 0 aromatic heterocycles. The first-order valence-corrected chi connectivity index (χ1v) is 5.93. The minimum absolute atomic E-state index is 0.106. The molecule has 0 fully saturated rings.